The lowest BCUT2D eigenvalue weighted by Crippen LogP contribution is -2.06. The van der Waals surface area contributed by atoms with Gasteiger partial charge in [-0.3, -0.25) is 0 Å². The van der Waals surface area contributed by atoms with E-state index in [9.17, 15) is 0 Å². The summed E-state index contributed by atoms with van der Waals surface area (Å²) >= 11 is 0. The first-order valence-electron chi connectivity index (χ1n) is 5.79. The van der Waals surface area contributed by atoms with Gasteiger partial charge in [0.2, 0.25) is 0 Å². The summed E-state index contributed by atoms with van der Waals surface area (Å²) in [6, 6.07) is 1.89. The lowest BCUT2D eigenvalue weighted by Gasteiger charge is -2.05. The number of hydrogen-bond donors (Lipinski definition) is 1. The zero-order valence-corrected chi connectivity index (χ0v) is 9.91. The van der Waals surface area contributed by atoms with Gasteiger partial charge < -0.3 is 19.6 Å². The van der Waals surface area contributed by atoms with Gasteiger partial charge in [-0.2, -0.15) is 0 Å². The van der Waals surface area contributed by atoms with Crippen molar-refractivity contribution in [2.45, 2.75) is 32.9 Å². The Morgan fingerprint density at radius 3 is 2.81 bits per heavy atom. The molecule has 4 heteroatoms. The normalized spacial score (nSPS) is 10.9. The van der Waals surface area contributed by atoms with E-state index in [0.717, 1.165) is 30.8 Å². The number of hydrogen-bond acceptors (Lipinski definition) is 4. The fourth-order valence-electron chi connectivity index (χ4n) is 1.32. The molecule has 4 nitrogen and oxygen atoms in total. The van der Waals surface area contributed by atoms with Crippen LogP contribution in [-0.2, 0) is 22.6 Å². The minimum atomic E-state index is 0.415. The topological polar surface area (TPSA) is 57.6 Å². The molecule has 0 radical (unpaired) electrons. The molecule has 16 heavy (non-hydrogen) atoms. The Kier molecular flexibility index (Phi) is 6.88. The maximum absolute atomic E-state index is 5.51. The highest BCUT2D eigenvalue weighted by atomic mass is 16.5. The Morgan fingerprint density at radius 2 is 2.06 bits per heavy atom. The second-order valence-corrected chi connectivity index (χ2v) is 3.59. The molecule has 0 aliphatic carbocycles. The summed E-state index contributed by atoms with van der Waals surface area (Å²) in [6.45, 7) is 5.18. The number of rotatable bonds is 9. The fraction of sp³-hybridized carbons (Fsp3) is 0.667. The van der Waals surface area contributed by atoms with Crippen LogP contribution in [0.3, 0.4) is 0 Å². The maximum Gasteiger partial charge on any atom is 0.122 e. The quantitative estimate of drug-likeness (QED) is 0.656. The standard InChI is InChI=1S/C12H21NO3/c1-2-3-5-14-7-8-15-10-11-4-6-16-12(11)9-13/h4,6H,2-3,5,7-10,13H2,1H3. The molecule has 0 fully saturated rings. The van der Waals surface area contributed by atoms with Crippen molar-refractivity contribution in [3.05, 3.63) is 23.7 Å². The molecule has 0 bridgehead atoms. The highest BCUT2D eigenvalue weighted by Gasteiger charge is 2.03. The van der Waals surface area contributed by atoms with Gasteiger partial charge in [0.1, 0.15) is 5.76 Å². The molecule has 92 valence electrons. The summed E-state index contributed by atoms with van der Waals surface area (Å²) in [6.07, 6.45) is 3.91. The zero-order chi connectivity index (χ0) is 11.6. The van der Waals surface area contributed by atoms with Crippen molar-refractivity contribution in [3.63, 3.8) is 0 Å². The zero-order valence-electron chi connectivity index (χ0n) is 9.91. The van der Waals surface area contributed by atoms with Gasteiger partial charge in [-0.25, -0.2) is 0 Å². The minimum absolute atomic E-state index is 0.415. The lowest BCUT2D eigenvalue weighted by molar-refractivity contribution is 0.0392. The van der Waals surface area contributed by atoms with Gasteiger partial charge >= 0.3 is 0 Å². The van der Waals surface area contributed by atoms with Crippen LogP contribution in [0.15, 0.2) is 16.7 Å². The van der Waals surface area contributed by atoms with E-state index in [4.69, 9.17) is 19.6 Å². The summed E-state index contributed by atoms with van der Waals surface area (Å²) in [7, 11) is 0. The van der Waals surface area contributed by atoms with Crippen LogP contribution in [0.25, 0.3) is 0 Å². The van der Waals surface area contributed by atoms with Crippen molar-refractivity contribution < 1.29 is 13.9 Å². The van der Waals surface area contributed by atoms with Gasteiger partial charge in [-0.15, -0.1) is 0 Å². The van der Waals surface area contributed by atoms with Crippen molar-refractivity contribution in [1.29, 1.82) is 0 Å². The van der Waals surface area contributed by atoms with E-state index in [-0.39, 0.29) is 0 Å². The van der Waals surface area contributed by atoms with E-state index in [1.165, 1.54) is 0 Å². The van der Waals surface area contributed by atoms with Crippen LogP contribution in [-0.4, -0.2) is 19.8 Å². The van der Waals surface area contributed by atoms with Crippen molar-refractivity contribution in [2.75, 3.05) is 19.8 Å². The first-order chi connectivity index (χ1) is 7.88. The van der Waals surface area contributed by atoms with Crippen LogP contribution < -0.4 is 5.73 Å². The third kappa shape index (κ3) is 4.79. The molecule has 0 spiro atoms. The average Bonchev–Trinajstić information content (AvgIpc) is 2.75. The fourth-order valence-corrected chi connectivity index (χ4v) is 1.32. The van der Waals surface area contributed by atoms with Gasteiger partial charge in [0.05, 0.1) is 32.6 Å². The van der Waals surface area contributed by atoms with Gasteiger partial charge in [0, 0.05) is 12.2 Å². The van der Waals surface area contributed by atoms with Crippen LogP contribution in [0.5, 0.6) is 0 Å². The Balaban J connectivity index is 2.03. The molecule has 0 unspecified atom stereocenters. The molecule has 2 N–H and O–H groups in total. The van der Waals surface area contributed by atoms with Crippen LogP contribution in [0, 0.1) is 0 Å². The van der Waals surface area contributed by atoms with E-state index in [1.54, 1.807) is 6.26 Å². The molecule has 1 heterocycles. The molecule has 0 saturated heterocycles. The Bertz CT molecular complexity index is 273. The van der Waals surface area contributed by atoms with Gasteiger partial charge in [0.25, 0.3) is 0 Å². The van der Waals surface area contributed by atoms with Crippen LogP contribution in [0.1, 0.15) is 31.1 Å². The van der Waals surface area contributed by atoms with Crippen LogP contribution in [0.4, 0.5) is 0 Å². The third-order valence-corrected chi connectivity index (χ3v) is 2.29. The SMILES string of the molecule is CCCCOCCOCc1ccoc1CN. The molecule has 0 aliphatic rings. The van der Waals surface area contributed by atoms with E-state index >= 15 is 0 Å². The number of nitrogens with two attached hydrogens (primary N) is 1. The first-order valence-corrected chi connectivity index (χ1v) is 5.79. The third-order valence-electron chi connectivity index (χ3n) is 2.29. The maximum atomic E-state index is 5.51. The number of furan rings is 1. The first kappa shape index (κ1) is 13.2. The molecule has 1 rings (SSSR count). The summed E-state index contributed by atoms with van der Waals surface area (Å²) in [5.74, 6) is 0.798. The molecular formula is C12H21NO3. The number of ether oxygens (including phenoxy) is 2. The molecule has 0 amide bonds. The summed E-state index contributed by atoms with van der Waals surface area (Å²) in [4.78, 5) is 0. The monoisotopic (exact) mass is 227 g/mol. The number of unbranched alkanes of at least 4 members (excludes halogenated alkanes) is 1. The molecule has 1 aromatic rings. The Hall–Kier alpha value is -0.840. The van der Waals surface area contributed by atoms with E-state index in [2.05, 4.69) is 6.92 Å². The lowest BCUT2D eigenvalue weighted by atomic mass is 10.2. The van der Waals surface area contributed by atoms with E-state index < -0.39 is 0 Å². The second-order valence-electron chi connectivity index (χ2n) is 3.59. The molecule has 0 atom stereocenters. The largest absolute Gasteiger partial charge is 0.468 e. The smallest absolute Gasteiger partial charge is 0.122 e. The summed E-state index contributed by atoms with van der Waals surface area (Å²) in [5.41, 5.74) is 6.53. The van der Waals surface area contributed by atoms with Crippen molar-refractivity contribution in [3.8, 4) is 0 Å². The molecular weight excluding hydrogens is 206 g/mol. The second kappa shape index (κ2) is 8.33. The van der Waals surface area contributed by atoms with Crippen molar-refractivity contribution in [1.82, 2.24) is 0 Å². The Labute approximate surface area is 96.7 Å². The molecule has 0 saturated carbocycles. The average molecular weight is 227 g/mol. The molecule has 0 aliphatic heterocycles. The van der Waals surface area contributed by atoms with Crippen LogP contribution >= 0.6 is 0 Å². The van der Waals surface area contributed by atoms with Gasteiger partial charge in [-0.05, 0) is 12.5 Å². The van der Waals surface area contributed by atoms with Crippen molar-refractivity contribution >= 4 is 0 Å². The summed E-state index contributed by atoms with van der Waals surface area (Å²) in [5, 5.41) is 0. The Morgan fingerprint density at radius 1 is 1.25 bits per heavy atom. The van der Waals surface area contributed by atoms with Crippen molar-refractivity contribution in [2.24, 2.45) is 5.73 Å². The molecule has 0 aromatic carbocycles. The van der Waals surface area contributed by atoms with Gasteiger partial charge in [-0.1, -0.05) is 13.3 Å². The van der Waals surface area contributed by atoms with E-state index in [0.29, 0.717) is 26.4 Å². The highest BCUT2D eigenvalue weighted by Crippen LogP contribution is 2.10. The van der Waals surface area contributed by atoms with E-state index in [1.807, 2.05) is 6.07 Å². The predicted molar refractivity (Wildman–Crippen MR) is 62.0 cm³/mol. The molecule has 1 aromatic heterocycles. The van der Waals surface area contributed by atoms with Gasteiger partial charge in [0.15, 0.2) is 0 Å². The predicted octanol–water partition coefficient (Wildman–Crippen LogP) is 2.07. The van der Waals surface area contributed by atoms with Crippen LogP contribution in [0.2, 0.25) is 0 Å². The summed E-state index contributed by atoms with van der Waals surface area (Å²) < 4.78 is 16.0. The highest BCUT2D eigenvalue weighted by molar-refractivity contribution is 5.15. The minimum Gasteiger partial charge on any atom is -0.468 e.